The fraction of sp³-hybridized carbons (Fsp3) is 0.720. The summed E-state index contributed by atoms with van der Waals surface area (Å²) in [5.74, 6) is 1.05. The Hall–Kier alpha value is -1.43. The van der Waals surface area contributed by atoms with Crippen LogP contribution in [0.1, 0.15) is 57.1 Å². The van der Waals surface area contributed by atoms with Gasteiger partial charge in [-0.3, -0.25) is 9.69 Å². The average Bonchev–Trinajstić information content (AvgIpc) is 3.28. The SMILES string of the molecule is CC1CCN(C(C(=O)N(CC2CCCO2)C2CCN(C)CC2)c2ccccc2)CC1. The molecule has 3 saturated heterocycles. The van der Waals surface area contributed by atoms with Gasteiger partial charge in [0.05, 0.1) is 6.10 Å². The molecule has 3 fully saturated rings. The van der Waals surface area contributed by atoms with Crippen LogP contribution in [-0.4, -0.2) is 79.1 Å². The molecule has 0 bridgehead atoms. The number of nitrogens with zero attached hydrogens (tertiary/aromatic N) is 3. The highest BCUT2D eigenvalue weighted by Gasteiger charge is 2.38. The Morgan fingerprint density at radius 1 is 1.07 bits per heavy atom. The first-order valence-corrected chi connectivity index (χ1v) is 12.0. The molecular formula is C25H39N3O2. The summed E-state index contributed by atoms with van der Waals surface area (Å²) in [5, 5.41) is 0. The number of carbonyl (C=O) groups excluding carboxylic acids is 1. The molecule has 0 aliphatic carbocycles. The molecule has 5 heteroatoms. The van der Waals surface area contributed by atoms with Gasteiger partial charge in [0.1, 0.15) is 6.04 Å². The van der Waals surface area contributed by atoms with Crippen LogP contribution < -0.4 is 0 Å². The summed E-state index contributed by atoms with van der Waals surface area (Å²) >= 11 is 0. The highest BCUT2D eigenvalue weighted by molar-refractivity contribution is 5.83. The van der Waals surface area contributed by atoms with Gasteiger partial charge in [-0.1, -0.05) is 37.3 Å². The minimum Gasteiger partial charge on any atom is -0.376 e. The molecule has 1 amide bonds. The zero-order valence-corrected chi connectivity index (χ0v) is 18.8. The third-order valence-electron chi connectivity index (χ3n) is 7.37. The first kappa shape index (κ1) is 21.8. The standard InChI is InChI=1S/C25H39N3O2/c1-20-10-16-27(17-11-20)24(21-7-4-3-5-8-21)25(29)28(19-23-9-6-18-30-23)22-12-14-26(2)15-13-22/h3-5,7-8,20,22-24H,6,9-19H2,1-2H3. The summed E-state index contributed by atoms with van der Waals surface area (Å²) in [7, 11) is 2.18. The molecule has 0 aromatic heterocycles. The van der Waals surface area contributed by atoms with Crippen molar-refractivity contribution in [3.8, 4) is 0 Å². The topological polar surface area (TPSA) is 36.0 Å². The summed E-state index contributed by atoms with van der Waals surface area (Å²) < 4.78 is 5.97. The number of carbonyl (C=O) groups is 1. The predicted molar refractivity (Wildman–Crippen MR) is 120 cm³/mol. The molecule has 0 radical (unpaired) electrons. The number of benzene rings is 1. The van der Waals surface area contributed by atoms with Gasteiger partial charge in [0.15, 0.2) is 0 Å². The third-order valence-corrected chi connectivity index (χ3v) is 7.37. The molecule has 3 heterocycles. The number of hydrogen-bond acceptors (Lipinski definition) is 4. The largest absolute Gasteiger partial charge is 0.376 e. The molecular weight excluding hydrogens is 374 g/mol. The molecule has 1 aromatic rings. The van der Waals surface area contributed by atoms with E-state index >= 15 is 0 Å². The van der Waals surface area contributed by atoms with E-state index in [0.29, 0.717) is 11.9 Å². The number of piperidine rings is 2. The fourth-order valence-electron chi connectivity index (χ4n) is 5.32. The van der Waals surface area contributed by atoms with Crippen molar-refractivity contribution in [3.63, 3.8) is 0 Å². The van der Waals surface area contributed by atoms with E-state index in [1.807, 2.05) is 6.07 Å². The summed E-state index contributed by atoms with van der Waals surface area (Å²) in [6.07, 6.45) is 6.87. The maximum Gasteiger partial charge on any atom is 0.244 e. The molecule has 4 rings (SSSR count). The third kappa shape index (κ3) is 5.24. The van der Waals surface area contributed by atoms with Gasteiger partial charge in [0.25, 0.3) is 0 Å². The smallest absolute Gasteiger partial charge is 0.244 e. The van der Waals surface area contributed by atoms with E-state index < -0.39 is 0 Å². The van der Waals surface area contributed by atoms with Crippen molar-refractivity contribution in [1.82, 2.24) is 14.7 Å². The first-order chi connectivity index (χ1) is 14.6. The number of amides is 1. The maximum atomic E-state index is 14.2. The van der Waals surface area contributed by atoms with Crippen molar-refractivity contribution < 1.29 is 9.53 Å². The molecule has 2 unspecified atom stereocenters. The first-order valence-electron chi connectivity index (χ1n) is 12.0. The van der Waals surface area contributed by atoms with E-state index in [1.165, 1.54) is 12.8 Å². The number of likely N-dealkylation sites (tertiary alicyclic amines) is 2. The van der Waals surface area contributed by atoms with Crippen LogP contribution in [0.25, 0.3) is 0 Å². The number of rotatable bonds is 6. The van der Waals surface area contributed by atoms with Crippen LogP contribution in [0.5, 0.6) is 0 Å². The second kappa shape index (κ2) is 10.3. The van der Waals surface area contributed by atoms with E-state index in [4.69, 9.17) is 4.74 Å². The molecule has 1 aromatic carbocycles. The van der Waals surface area contributed by atoms with Crippen molar-refractivity contribution in [1.29, 1.82) is 0 Å². The lowest BCUT2D eigenvalue weighted by atomic mass is 9.94. The Morgan fingerprint density at radius 2 is 1.77 bits per heavy atom. The van der Waals surface area contributed by atoms with Gasteiger partial charge in [0, 0.05) is 19.2 Å². The van der Waals surface area contributed by atoms with E-state index in [0.717, 1.165) is 76.5 Å². The Labute approximate surface area is 182 Å². The van der Waals surface area contributed by atoms with E-state index in [9.17, 15) is 4.79 Å². The Balaban J connectivity index is 1.59. The molecule has 3 aliphatic heterocycles. The summed E-state index contributed by atoms with van der Waals surface area (Å²) in [5.41, 5.74) is 1.14. The van der Waals surface area contributed by atoms with Crippen LogP contribution in [0.2, 0.25) is 0 Å². The molecule has 0 saturated carbocycles. The molecule has 30 heavy (non-hydrogen) atoms. The Kier molecular flexibility index (Phi) is 7.45. The van der Waals surface area contributed by atoms with Crippen molar-refractivity contribution >= 4 is 5.91 Å². The second-order valence-corrected chi connectivity index (χ2v) is 9.69. The van der Waals surface area contributed by atoms with Gasteiger partial charge in [-0.2, -0.15) is 0 Å². The lowest BCUT2D eigenvalue weighted by Gasteiger charge is -2.43. The second-order valence-electron chi connectivity index (χ2n) is 9.69. The normalized spacial score (nSPS) is 26.0. The van der Waals surface area contributed by atoms with Gasteiger partial charge < -0.3 is 14.5 Å². The maximum absolute atomic E-state index is 14.2. The summed E-state index contributed by atoms with van der Waals surface area (Å²) in [6.45, 7) is 8.07. The predicted octanol–water partition coefficient (Wildman–Crippen LogP) is 3.56. The zero-order valence-electron chi connectivity index (χ0n) is 18.8. The van der Waals surface area contributed by atoms with Gasteiger partial charge in [-0.05, 0) is 83.2 Å². The highest BCUT2D eigenvalue weighted by Crippen LogP contribution is 2.31. The van der Waals surface area contributed by atoms with Crippen LogP contribution in [0.3, 0.4) is 0 Å². The van der Waals surface area contributed by atoms with Gasteiger partial charge >= 0.3 is 0 Å². The van der Waals surface area contributed by atoms with E-state index in [2.05, 4.69) is 52.9 Å². The number of ether oxygens (including phenoxy) is 1. The molecule has 166 valence electrons. The van der Waals surface area contributed by atoms with Crippen molar-refractivity contribution in [2.75, 3.05) is 46.4 Å². The van der Waals surface area contributed by atoms with Crippen LogP contribution in [0.4, 0.5) is 0 Å². The highest BCUT2D eigenvalue weighted by atomic mass is 16.5. The van der Waals surface area contributed by atoms with Gasteiger partial charge in [0.2, 0.25) is 5.91 Å². The van der Waals surface area contributed by atoms with Crippen molar-refractivity contribution in [3.05, 3.63) is 35.9 Å². The van der Waals surface area contributed by atoms with Crippen LogP contribution in [0.15, 0.2) is 30.3 Å². The van der Waals surface area contributed by atoms with Gasteiger partial charge in [-0.15, -0.1) is 0 Å². The van der Waals surface area contributed by atoms with Gasteiger partial charge in [-0.25, -0.2) is 0 Å². The quantitative estimate of drug-likeness (QED) is 0.714. The monoisotopic (exact) mass is 413 g/mol. The van der Waals surface area contributed by atoms with Crippen LogP contribution in [0, 0.1) is 5.92 Å². The number of hydrogen-bond donors (Lipinski definition) is 0. The van der Waals surface area contributed by atoms with E-state index in [1.54, 1.807) is 0 Å². The molecule has 2 atom stereocenters. The van der Waals surface area contributed by atoms with Crippen molar-refractivity contribution in [2.45, 2.75) is 63.6 Å². The fourth-order valence-corrected chi connectivity index (χ4v) is 5.32. The van der Waals surface area contributed by atoms with Crippen molar-refractivity contribution in [2.24, 2.45) is 5.92 Å². The zero-order chi connectivity index (χ0) is 20.9. The molecule has 5 nitrogen and oxygen atoms in total. The Bertz CT molecular complexity index is 660. The molecule has 3 aliphatic rings. The Morgan fingerprint density at radius 3 is 2.40 bits per heavy atom. The minimum absolute atomic E-state index is 0.167. The lowest BCUT2D eigenvalue weighted by Crippen LogP contribution is -2.53. The van der Waals surface area contributed by atoms with E-state index in [-0.39, 0.29) is 12.1 Å². The molecule has 0 spiro atoms. The average molecular weight is 414 g/mol. The minimum atomic E-state index is -0.167. The van der Waals surface area contributed by atoms with Crippen LogP contribution >= 0.6 is 0 Å². The lowest BCUT2D eigenvalue weighted by molar-refractivity contribution is -0.143. The van der Waals surface area contributed by atoms with Crippen LogP contribution in [-0.2, 0) is 9.53 Å². The summed E-state index contributed by atoms with van der Waals surface area (Å²) in [6, 6.07) is 10.6. The molecule has 0 N–H and O–H groups in total. The summed E-state index contributed by atoms with van der Waals surface area (Å²) in [4.78, 5) is 21.2.